The molecule has 2 aromatic rings. The van der Waals surface area contributed by atoms with Gasteiger partial charge in [0.05, 0.1) is 5.75 Å². The third kappa shape index (κ3) is 3.80. The minimum atomic E-state index is -3.11. The van der Waals surface area contributed by atoms with Gasteiger partial charge in [-0.15, -0.1) is 10.2 Å². The maximum Gasteiger partial charge on any atom is 0.213 e. The number of nitrogens with one attached hydrogen (secondary N) is 1. The van der Waals surface area contributed by atoms with Crippen LogP contribution in [0.4, 0.5) is 17.5 Å². The number of piperazine rings is 1. The van der Waals surface area contributed by atoms with Gasteiger partial charge in [-0.3, -0.25) is 0 Å². The molecule has 1 fully saturated rings. The summed E-state index contributed by atoms with van der Waals surface area (Å²) >= 11 is 0. The molecule has 0 aromatic carbocycles. The Morgan fingerprint density at radius 1 is 1.04 bits per heavy atom. The summed E-state index contributed by atoms with van der Waals surface area (Å²) < 4.78 is 25.3. The maximum absolute atomic E-state index is 11.9. The first-order valence-electron chi connectivity index (χ1n) is 7.83. The molecule has 1 saturated heterocycles. The molecule has 128 valence electrons. The van der Waals surface area contributed by atoms with E-state index in [4.69, 9.17) is 0 Å². The van der Waals surface area contributed by atoms with E-state index in [1.807, 2.05) is 35.2 Å². The minimum Gasteiger partial charge on any atom is -0.352 e. The largest absolute Gasteiger partial charge is 0.352 e. The molecule has 3 rings (SSSR count). The predicted molar refractivity (Wildman–Crippen MR) is 92.8 cm³/mol. The molecule has 0 aliphatic carbocycles. The maximum atomic E-state index is 11.9. The van der Waals surface area contributed by atoms with Gasteiger partial charge in [0.25, 0.3) is 0 Å². The SMILES string of the molecule is CCS(=O)(=O)N1CCN(c2ccc(Nc3ccccn3)nn2)CC1. The first-order chi connectivity index (χ1) is 11.6. The van der Waals surface area contributed by atoms with Gasteiger partial charge >= 0.3 is 0 Å². The standard InChI is InChI=1S/C15H20N6O2S/c1-2-24(22,23)21-11-9-20(10-12-21)15-7-6-14(18-19-15)17-13-5-3-4-8-16-13/h3-8H,2,9-12H2,1H3,(H,16,17,18). The molecule has 1 N–H and O–H groups in total. The van der Waals surface area contributed by atoms with Crippen LogP contribution in [0, 0.1) is 0 Å². The van der Waals surface area contributed by atoms with Crippen LogP contribution in [0.3, 0.4) is 0 Å². The lowest BCUT2D eigenvalue weighted by atomic mass is 10.3. The van der Waals surface area contributed by atoms with Crippen LogP contribution >= 0.6 is 0 Å². The van der Waals surface area contributed by atoms with Crippen molar-refractivity contribution in [1.29, 1.82) is 0 Å². The van der Waals surface area contributed by atoms with Crippen molar-refractivity contribution in [3.8, 4) is 0 Å². The number of nitrogens with zero attached hydrogens (tertiary/aromatic N) is 5. The molecule has 0 amide bonds. The van der Waals surface area contributed by atoms with Crippen molar-refractivity contribution in [2.75, 3.05) is 42.1 Å². The molecule has 0 radical (unpaired) electrons. The van der Waals surface area contributed by atoms with Crippen LogP contribution in [0.1, 0.15) is 6.92 Å². The van der Waals surface area contributed by atoms with E-state index < -0.39 is 10.0 Å². The molecule has 0 saturated carbocycles. The van der Waals surface area contributed by atoms with Crippen LogP contribution in [0.25, 0.3) is 0 Å². The third-order valence-electron chi connectivity index (χ3n) is 3.89. The fourth-order valence-corrected chi connectivity index (χ4v) is 3.59. The monoisotopic (exact) mass is 348 g/mol. The quantitative estimate of drug-likeness (QED) is 0.864. The summed E-state index contributed by atoms with van der Waals surface area (Å²) in [6.45, 7) is 3.85. The number of hydrogen-bond donors (Lipinski definition) is 1. The Labute approximate surface area is 141 Å². The lowest BCUT2D eigenvalue weighted by molar-refractivity contribution is 0.384. The lowest BCUT2D eigenvalue weighted by Gasteiger charge is -2.34. The normalized spacial score (nSPS) is 16.1. The molecule has 0 bridgehead atoms. The summed E-state index contributed by atoms with van der Waals surface area (Å²) in [5.41, 5.74) is 0. The third-order valence-corrected chi connectivity index (χ3v) is 5.77. The molecule has 0 atom stereocenters. The van der Waals surface area contributed by atoms with E-state index in [9.17, 15) is 8.42 Å². The van der Waals surface area contributed by atoms with Crippen molar-refractivity contribution < 1.29 is 8.42 Å². The zero-order chi connectivity index (χ0) is 17.0. The van der Waals surface area contributed by atoms with Crippen LogP contribution < -0.4 is 10.2 Å². The molecule has 2 aromatic heterocycles. The highest BCUT2D eigenvalue weighted by Gasteiger charge is 2.26. The van der Waals surface area contributed by atoms with Crippen molar-refractivity contribution >= 4 is 27.5 Å². The summed E-state index contributed by atoms with van der Waals surface area (Å²) in [5.74, 6) is 2.21. The van der Waals surface area contributed by atoms with E-state index in [0.29, 0.717) is 37.8 Å². The summed E-state index contributed by atoms with van der Waals surface area (Å²) in [6.07, 6.45) is 1.70. The van der Waals surface area contributed by atoms with E-state index >= 15 is 0 Å². The van der Waals surface area contributed by atoms with Gasteiger partial charge in [-0.25, -0.2) is 13.4 Å². The van der Waals surface area contributed by atoms with Gasteiger partial charge in [0, 0.05) is 32.4 Å². The average Bonchev–Trinajstić information content (AvgIpc) is 2.63. The van der Waals surface area contributed by atoms with Gasteiger partial charge in [-0.1, -0.05) is 6.07 Å². The van der Waals surface area contributed by atoms with Crippen molar-refractivity contribution in [3.63, 3.8) is 0 Å². The lowest BCUT2D eigenvalue weighted by Crippen LogP contribution is -2.49. The topological polar surface area (TPSA) is 91.3 Å². The first-order valence-corrected chi connectivity index (χ1v) is 9.44. The highest BCUT2D eigenvalue weighted by molar-refractivity contribution is 7.89. The number of rotatable bonds is 5. The fraction of sp³-hybridized carbons (Fsp3) is 0.400. The first kappa shape index (κ1) is 16.6. The molecule has 24 heavy (non-hydrogen) atoms. The van der Waals surface area contributed by atoms with Crippen molar-refractivity contribution in [2.45, 2.75) is 6.92 Å². The average molecular weight is 348 g/mol. The van der Waals surface area contributed by atoms with Crippen LogP contribution in [0.15, 0.2) is 36.5 Å². The van der Waals surface area contributed by atoms with Crippen molar-refractivity contribution in [1.82, 2.24) is 19.5 Å². The minimum absolute atomic E-state index is 0.140. The zero-order valence-electron chi connectivity index (χ0n) is 13.5. The Morgan fingerprint density at radius 2 is 1.83 bits per heavy atom. The second-order valence-electron chi connectivity index (χ2n) is 5.40. The van der Waals surface area contributed by atoms with E-state index in [-0.39, 0.29) is 5.75 Å². The molecule has 1 aliphatic rings. The Bertz CT molecular complexity index is 758. The summed E-state index contributed by atoms with van der Waals surface area (Å²) in [4.78, 5) is 6.21. The molecule has 1 aliphatic heterocycles. The molecule has 0 spiro atoms. The summed E-state index contributed by atoms with van der Waals surface area (Å²) in [7, 11) is -3.11. The molecule has 3 heterocycles. The van der Waals surface area contributed by atoms with Crippen LogP contribution in [-0.2, 0) is 10.0 Å². The van der Waals surface area contributed by atoms with Gasteiger partial charge in [0.15, 0.2) is 11.6 Å². The number of pyridine rings is 1. The summed E-state index contributed by atoms with van der Waals surface area (Å²) in [6, 6.07) is 9.30. The Hall–Kier alpha value is -2.26. The smallest absolute Gasteiger partial charge is 0.213 e. The Balaban J connectivity index is 1.61. The van der Waals surface area contributed by atoms with Crippen molar-refractivity contribution in [3.05, 3.63) is 36.5 Å². The number of hydrogen-bond acceptors (Lipinski definition) is 7. The van der Waals surface area contributed by atoms with Gasteiger partial charge in [0.1, 0.15) is 5.82 Å². The number of sulfonamides is 1. The zero-order valence-corrected chi connectivity index (χ0v) is 14.3. The highest BCUT2D eigenvalue weighted by Crippen LogP contribution is 2.17. The predicted octanol–water partition coefficient (Wildman–Crippen LogP) is 1.09. The van der Waals surface area contributed by atoms with Crippen LogP contribution in [0.2, 0.25) is 0 Å². The second kappa shape index (κ2) is 7.10. The van der Waals surface area contributed by atoms with E-state index in [1.165, 1.54) is 4.31 Å². The van der Waals surface area contributed by atoms with E-state index in [2.05, 4.69) is 20.5 Å². The highest BCUT2D eigenvalue weighted by atomic mass is 32.2. The van der Waals surface area contributed by atoms with Gasteiger partial charge in [-0.2, -0.15) is 4.31 Å². The van der Waals surface area contributed by atoms with Crippen LogP contribution in [-0.4, -0.2) is 59.8 Å². The molecule has 0 unspecified atom stereocenters. The molecular weight excluding hydrogens is 328 g/mol. The van der Waals surface area contributed by atoms with Crippen LogP contribution in [0.5, 0.6) is 0 Å². The van der Waals surface area contributed by atoms with Crippen molar-refractivity contribution in [2.24, 2.45) is 0 Å². The van der Waals surface area contributed by atoms with Gasteiger partial charge < -0.3 is 10.2 Å². The van der Waals surface area contributed by atoms with Gasteiger partial charge in [-0.05, 0) is 31.2 Å². The molecule has 8 nitrogen and oxygen atoms in total. The molecular formula is C15H20N6O2S. The Morgan fingerprint density at radius 3 is 2.42 bits per heavy atom. The fourth-order valence-electron chi connectivity index (χ4n) is 2.51. The molecule has 9 heteroatoms. The summed E-state index contributed by atoms with van der Waals surface area (Å²) in [5, 5.41) is 11.5. The van der Waals surface area contributed by atoms with Gasteiger partial charge in [0.2, 0.25) is 10.0 Å². The Kier molecular flexibility index (Phi) is 4.91. The number of aromatic nitrogens is 3. The van der Waals surface area contributed by atoms with E-state index in [0.717, 1.165) is 5.82 Å². The number of anilines is 3. The second-order valence-corrected chi connectivity index (χ2v) is 7.66. The van der Waals surface area contributed by atoms with E-state index in [1.54, 1.807) is 13.1 Å².